The van der Waals surface area contributed by atoms with Crippen molar-refractivity contribution in [1.82, 2.24) is 29.7 Å². The number of halogens is 1. The smallest absolute Gasteiger partial charge is 0.410 e. The fourth-order valence-electron chi connectivity index (χ4n) is 5.80. The van der Waals surface area contributed by atoms with E-state index in [0.717, 1.165) is 35.7 Å². The molecule has 1 aliphatic rings. The Morgan fingerprint density at radius 3 is 2.60 bits per heavy atom. The largest absolute Gasteiger partial charge is 0.444 e. The van der Waals surface area contributed by atoms with Crippen molar-refractivity contribution in [3.8, 4) is 11.3 Å². The molecule has 2 atom stereocenters. The van der Waals surface area contributed by atoms with Crippen molar-refractivity contribution in [3.63, 3.8) is 0 Å². The van der Waals surface area contributed by atoms with Gasteiger partial charge in [0.05, 0.1) is 41.0 Å². The summed E-state index contributed by atoms with van der Waals surface area (Å²) in [5, 5.41) is 5.02. The van der Waals surface area contributed by atoms with E-state index in [2.05, 4.69) is 20.3 Å². The number of likely N-dealkylation sites (N-methyl/N-ethyl adjacent to an activating group) is 2. The van der Waals surface area contributed by atoms with Crippen LogP contribution in [-0.4, -0.2) is 87.1 Å². The number of aromatic nitrogens is 4. The zero-order valence-corrected chi connectivity index (χ0v) is 29.3. The molecule has 3 aromatic heterocycles. The van der Waals surface area contributed by atoms with Crippen molar-refractivity contribution in [2.24, 2.45) is 0 Å². The van der Waals surface area contributed by atoms with Gasteiger partial charge in [0, 0.05) is 54.4 Å². The highest BCUT2D eigenvalue weighted by atomic mass is 35.5. The lowest BCUT2D eigenvalue weighted by Crippen LogP contribution is -2.47. The molecule has 1 aliphatic carbocycles. The van der Waals surface area contributed by atoms with E-state index in [1.165, 1.54) is 0 Å². The summed E-state index contributed by atoms with van der Waals surface area (Å²) in [4.78, 5) is 48.8. The van der Waals surface area contributed by atoms with Crippen molar-refractivity contribution < 1.29 is 14.3 Å². The van der Waals surface area contributed by atoms with Crippen molar-refractivity contribution in [2.45, 2.75) is 70.7 Å². The second-order valence-electron chi connectivity index (χ2n) is 13.5. The molecule has 1 fully saturated rings. The molecule has 1 saturated carbocycles. The zero-order valence-electron chi connectivity index (χ0n) is 28.5. The highest BCUT2D eigenvalue weighted by Crippen LogP contribution is 2.33. The third-order valence-corrected chi connectivity index (χ3v) is 8.50. The number of aromatic amines is 1. The van der Waals surface area contributed by atoms with E-state index in [-0.39, 0.29) is 30.6 Å². The number of nitrogens with one attached hydrogen (secondary N) is 2. The minimum Gasteiger partial charge on any atom is -0.444 e. The summed E-state index contributed by atoms with van der Waals surface area (Å²) in [6.45, 7) is 6.54. The molecule has 1 aromatic carbocycles. The van der Waals surface area contributed by atoms with E-state index < -0.39 is 5.60 Å². The number of pyridine rings is 1. The Balaban J connectivity index is 1.30. The van der Waals surface area contributed by atoms with Gasteiger partial charge in [-0.15, -0.1) is 0 Å². The summed E-state index contributed by atoms with van der Waals surface area (Å²) in [6, 6.07) is 11.7. The lowest BCUT2D eigenvalue weighted by Gasteiger charge is -2.38. The maximum absolute atomic E-state index is 13.6. The molecule has 12 heteroatoms. The van der Waals surface area contributed by atoms with Gasteiger partial charge in [-0.2, -0.15) is 0 Å². The number of amides is 2. The van der Waals surface area contributed by atoms with Gasteiger partial charge in [0.2, 0.25) is 11.9 Å². The average molecular weight is 673 g/mol. The fourth-order valence-corrected chi connectivity index (χ4v) is 6.00. The molecular formula is C36H45ClN8O3. The monoisotopic (exact) mass is 672 g/mol. The molecule has 5 rings (SSSR count). The lowest BCUT2D eigenvalue weighted by molar-refractivity contribution is -0.113. The van der Waals surface area contributed by atoms with Crippen LogP contribution >= 0.6 is 11.6 Å². The number of H-pyrrole nitrogens is 1. The summed E-state index contributed by atoms with van der Waals surface area (Å²) in [6.07, 6.45) is 11.5. The second-order valence-corrected chi connectivity index (χ2v) is 13.9. The van der Waals surface area contributed by atoms with Gasteiger partial charge in [-0.1, -0.05) is 35.9 Å². The quantitative estimate of drug-likeness (QED) is 0.174. The molecule has 3 heterocycles. The molecule has 2 N–H and O–H groups in total. The van der Waals surface area contributed by atoms with Crippen molar-refractivity contribution >= 4 is 46.1 Å². The van der Waals surface area contributed by atoms with Crippen LogP contribution in [0.5, 0.6) is 0 Å². The first-order chi connectivity index (χ1) is 22.9. The van der Waals surface area contributed by atoms with Crippen LogP contribution in [0.3, 0.4) is 0 Å². The number of hydrogen-bond acceptors (Lipinski definition) is 8. The average Bonchev–Trinajstić information content (AvgIpc) is 3.47. The van der Waals surface area contributed by atoms with Crippen LogP contribution in [0.15, 0.2) is 67.1 Å². The van der Waals surface area contributed by atoms with Crippen molar-refractivity contribution in [1.29, 1.82) is 0 Å². The topological polar surface area (TPSA) is 120 Å². The van der Waals surface area contributed by atoms with Crippen LogP contribution in [0.4, 0.5) is 16.4 Å². The summed E-state index contributed by atoms with van der Waals surface area (Å²) < 4.78 is 5.86. The number of carbonyl (C=O) groups excluding carboxylic acids is 2. The zero-order chi connectivity index (χ0) is 34.4. The number of anilines is 2. The van der Waals surface area contributed by atoms with E-state index >= 15 is 0 Å². The number of para-hydroxylation sites is 1. The van der Waals surface area contributed by atoms with Crippen LogP contribution < -0.4 is 10.2 Å². The molecule has 0 aliphatic heterocycles. The molecule has 4 aromatic rings. The van der Waals surface area contributed by atoms with Crippen LogP contribution in [0.1, 0.15) is 52.1 Å². The van der Waals surface area contributed by atoms with Crippen LogP contribution in [0.2, 0.25) is 5.02 Å². The summed E-state index contributed by atoms with van der Waals surface area (Å²) in [5.74, 6) is 0.349. The van der Waals surface area contributed by atoms with Crippen molar-refractivity contribution in [2.75, 3.05) is 37.9 Å². The number of benzene rings is 1. The van der Waals surface area contributed by atoms with Crippen LogP contribution in [0, 0.1) is 0 Å². The summed E-state index contributed by atoms with van der Waals surface area (Å²) in [5.41, 5.74) is 3.28. The number of nitrogens with zero attached hydrogens (tertiary/aromatic N) is 6. The van der Waals surface area contributed by atoms with Gasteiger partial charge < -0.3 is 24.8 Å². The summed E-state index contributed by atoms with van der Waals surface area (Å²) >= 11 is 6.58. The standard InChI is InChI=1S/C36H45ClN8O3/c1-36(2,3)48-35(47)45(23-25-16-17-27(20-38-25)44(6)32(46)15-10-18-43(4)5)26-12-9-11-24(19-26)41-34-40-22-30(37)33(42-34)29-21-39-31-14-8-7-13-28(29)31/h7-8,10,13-17,20-22,24,26,39H,9,11-12,18-19,23H2,1-6H3,(H,40,41,42)/t24-,26+/m1/s1. The third-order valence-electron chi connectivity index (χ3n) is 8.23. The molecule has 0 bridgehead atoms. The second kappa shape index (κ2) is 15.2. The summed E-state index contributed by atoms with van der Waals surface area (Å²) in [7, 11) is 5.61. The molecule has 0 saturated heterocycles. The highest BCUT2D eigenvalue weighted by Gasteiger charge is 2.33. The number of hydrogen-bond donors (Lipinski definition) is 2. The maximum atomic E-state index is 13.6. The third kappa shape index (κ3) is 8.90. The Hall–Kier alpha value is -4.48. The van der Waals surface area contributed by atoms with Gasteiger partial charge in [0.15, 0.2) is 0 Å². The van der Waals surface area contributed by atoms with Gasteiger partial charge >= 0.3 is 6.09 Å². The molecule has 48 heavy (non-hydrogen) atoms. The molecular weight excluding hydrogens is 628 g/mol. The van der Waals surface area contributed by atoms with Gasteiger partial charge in [0.25, 0.3) is 0 Å². The predicted molar refractivity (Wildman–Crippen MR) is 191 cm³/mol. The number of ether oxygens (including phenoxy) is 1. The number of fused-ring (bicyclic) bond motifs is 1. The fraction of sp³-hybridized carbons (Fsp3) is 0.417. The van der Waals surface area contributed by atoms with Gasteiger partial charge in [-0.05, 0) is 78.7 Å². The van der Waals surface area contributed by atoms with Gasteiger partial charge in [-0.25, -0.2) is 14.8 Å². The predicted octanol–water partition coefficient (Wildman–Crippen LogP) is 6.91. The Kier molecular flexibility index (Phi) is 11.0. The molecule has 0 spiro atoms. The number of carbonyl (C=O) groups is 2. The highest BCUT2D eigenvalue weighted by molar-refractivity contribution is 6.33. The van der Waals surface area contributed by atoms with E-state index in [1.54, 1.807) is 35.3 Å². The van der Waals surface area contributed by atoms with Crippen LogP contribution in [0.25, 0.3) is 22.2 Å². The van der Waals surface area contributed by atoms with E-state index in [4.69, 9.17) is 21.3 Å². The van der Waals surface area contributed by atoms with E-state index in [0.29, 0.717) is 41.0 Å². The first kappa shape index (κ1) is 34.8. The molecule has 254 valence electrons. The molecule has 0 unspecified atom stereocenters. The van der Waals surface area contributed by atoms with Crippen LogP contribution in [-0.2, 0) is 16.1 Å². The minimum absolute atomic E-state index is 0.0289. The van der Waals surface area contributed by atoms with E-state index in [1.807, 2.05) is 88.4 Å². The maximum Gasteiger partial charge on any atom is 0.410 e. The molecule has 11 nitrogen and oxygen atoms in total. The molecule has 0 radical (unpaired) electrons. The van der Waals surface area contributed by atoms with Gasteiger partial charge in [-0.3, -0.25) is 14.7 Å². The number of rotatable bonds is 10. The molecule has 2 amide bonds. The Morgan fingerprint density at radius 2 is 1.88 bits per heavy atom. The Bertz CT molecular complexity index is 1750. The minimum atomic E-state index is -0.655. The van der Waals surface area contributed by atoms with Gasteiger partial charge in [0.1, 0.15) is 5.60 Å². The first-order valence-electron chi connectivity index (χ1n) is 16.3. The normalized spacial score (nSPS) is 16.8. The SMILES string of the molecule is CN(C)CC=CC(=O)N(C)c1ccc(CN(C(=O)OC(C)(C)C)[C@H]2CCC[C@@H](Nc3ncc(Cl)c(-c4c[nH]c5ccccc45)n3)C2)nc1. The van der Waals surface area contributed by atoms with Crippen molar-refractivity contribution in [3.05, 3.63) is 77.9 Å². The van der Waals surface area contributed by atoms with E-state index in [9.17, 15) is 9.59 Å². The lowest BCUT2D eigenvalue weighted by atomic mass is 9.90. The Labute approximate surface area is 287 Å². The Morgan fingerprint density at radius 1 is 1.08 bits per heavy atom. The first-order valence-corrected chi connectivity index (χ1v) is 16.6.